The van der Waals surface area contributed by atoms with E-state index in [2.05, 4.69) is 35.0 Å². The van der Waals surface area contributed by atoms with Crippen LogP contribution in [0.1, 0.15) is 23.1 Å². The fourth-order valence-electron chi connectivity index (χ4n) is 4.92. The fraction of sp³-hybridized carbons (Fsp3) is 0.207. The number of fused-ring (bicyclic) bond motifs is 4. The Balaban J connectivity index is 1.28. The highest BCUT2D eigenvalue weighted by Gasteiger charge is 2.19. The lowest BCUT2D eigenvalue weighted by atomic mass is 10.1. The van der Waals surface area contributed by atoms with Gasteiger partial charge in [-0.2, -0.15) is 0 Å². The highest BCUT2D eigenvalue weighted by molar-refractivity contribution is 7.99. The van der Waals surface area contributed by atoms with E-state index in [-0.39, 0.29) is 23.8 Å². The van der Waals surface area contributed by atoms with E-state index in [1.165, 1.54) is 28.6 Å². The van der Waals surface area contributed by atoms with Crippen molar-refractivity contribution in [1.29, 1.82) is 0 Å². The Kier molecular flexibility index (Phi) is 6.33. The van der Waals surface area contributed by atoms with Crippen LogP contribution in [0.5, 0.6) is 0 Å². The number of carbonyl (C=O) groups is 1. The second kappa shape index (κ2) is 9.81. The van der Waals surface area contributed by atoms with Crippen molar-refractivity contribution < 1.29 is 9.21 Å². The molecule has 6 rings (SSSR count). The molecule has 9 heteroatoms. The third kappa shape index (κ3) is 4.21. The summed E-state index contributed by atoms with van der Waals surface area (Å²) in [4.78, 5) is 33.0. The molecule has 0 radical (unpaired) electrons. The number of carbonyl (C=O) groups excluding carboxylic acids is 1. The van der Waals surface area contributed by atoms with E-state index in [0.717, 1.165) is 39.0 Å². The zero-order valence-corrected chi connectivity index (χ0v) is 22.9. The summed E-state index contributed by atoms with van der Waals surface area (Å²) >= 11 is 2.76. The van der Waals surface area contributed by atoms with Gasteiger partial charge in [0.1, 0.15) is 10.6 Å². The van der Waals surface area contributed by atoms with Crippen LogP contribution < -0.4 is 10.9 Å². The number of nitrogens with zero attached hydrogens (tertiary/aromatic N) is 3. The Labute approximate surface area is 227 Å². The molecule has 2 aromatic carbocycles. The van der Waals surface area contributed by atoms with Gasteiger partial charge in [0.2, 0.25) is 5.91 Å². The van der Waals surface area contributed by atoms with Gasteiger partial charge in [0.05, 0.1) is 23.9 Å². The maximum absolute atomic E-state index is 13.5. The predicted octanol–water partition coefficient (Wildman–Crippen LogP) is 6.57. The maximum Gasteiger partial charge on any atom is 0.263 e. The zero-order valence-electron chi connectivity index (χ0n) is 21.3. The van der Waals surface area contributed by atoms with E-state index in [4.69, 9.17) is 9.40 Å². The lowest BCUT2D eigenvalue weighted by Crippen LogP contribution is -2.24. The van der Waals surface area contributed by atoms with Gasteiger partial charge in [-0.05, 0) is 62.7 Å². The third-order valence-corrected chi connectivity index (χ3v) is 8.93. The zero-order chi connectivity index (χ0) is 26.4. The number of hydrogen-bond donors (Lipinski definition) is 1. The third-order valence-electron chi connectivity index (χ3n) is 6.85. The SMILES string of the molecule is CCn1c2ccccc2c2cc(NC(=O)CSc3nc4sc(C)c(C)c4c(=O)n3Cc3ccco3)ccc21. The summed E-state index contributed by atoms with van der Waals surface area (Å²) in [5.41, 5.74) is 3.89. The molecule has 0 aliphatic heterocycles. The molecule has 4 aromatic heterocycles. The number of aryl methyl sites for hydroxylation is 3. The van der Waals surface area contributed by atoms with E-state index in [9.17, 15) is 9.59 Å². The molecular weight excluding hydrogens is 516 g/mol. The average Bonchev–Trinajstić information content (AvgIpc) is 3.61. The predicted molar refractivity (Wildman–Crippen MR) is 156 cm³/mol. The number of thiophene rings is 1. The number of hydrogen-bond acceptors (Lipinski definition) is 6. The highest BCUT2D eigenvalue weighted by Crippen LogP contribution is 2.32. The van der Waals surface area contributed by atoms with Gasteiger partial charge < -0.3 is 14.3 Å². The normalized spacial score (nSPS) is 11.7. The minimum absolute atomic E-state index is 0.117. The first-order chi connectivity index (χ1) is 18.4. The fourth-order valence-corrected chi connectivity index (χ4v) is 6.79. The van der Waals surface area contributed by atoms with E-state index in [1.807, 2.05) is 44.2 Å². The van der Waals surface area contributed by atoms with Crippen LogP contribution >= 0.6 is 23.1 Å². The van der Waals surface area contributed by atoms with Gasteiger partial charge in [0.15, 0.2) is 5.16 Å². The van der Waals surface area contributed by atoms with Gasteiger partial charge in [-0.25, -0.2) is 4.98 Å². The van der Waals surface area contributed by atoms with Crippen LogP contribution in [0.4, 0.5) is 5.69 Å². The second-order valence-electron chi connectivity index (χ2n) is 9.16. The monoisotopic (exact) mass is 542 g/mol. The molecule has 0 fully saturated rings. The van der Waals surface area contributed by atoms with Crippen molar-refractivity contribution in [3.05, 3.63) is 87.4 Å². The number of amides is 1. The largest absolute Gasteiger partial charge is 0.467 e. The van der Waals surface area contributed by atoms with E-state index in [0.29, 0.717) is 21.1 Å². The van der Waals surface area contributed by atoms with Crippen molar-refractivity contribution >= 4 is 66.7 Å². The number of nitrogens with one attached hydrogen (secondary N) is 1. The van der Waals surface area contributed by atoms with Crippen LogP contribution in [0, 0.1) is 13.8 Å². The molecule has 0 aliphatic carbocycles. The van der Waals surface area contributed by atoms with E-state index >= 15 is 0 Å². The number of aromatic nitrogens is 3. The lowest BCUT2D eigenvalue weighted by molar-refractivity contribution is -0.113. The van der Waals surface area contributed by atoms with Crippen LogP contribution in [-0.4, -0.2) is 25.8 Å². The Hall–Kier alpha value is -3.82. The first-order valence-electron chi connectivity index (χ1n) is 12.4. The van der Waals surface area contributed by atoms with Gasteiger partial charge in [-0.1, -0.05) is 30.0 Å². The van der Waals surface area contributed by atoms with Gasteiger partial charge in [-0.3, -0.25) is 14.2 Å². The molecule has 6 aromatic rings. The topological polar surface area (TPSA) is 82.1 Å². The summed E-state index contributed by atoms with van der Waals surface area (Å²) in [7, 11) is 0. The summed E-state index contributed by atoms with van der Waals surface area (Å²) in [6, 6.07) is 18.0. The lowest BCUT2D eigenvalue weighted by Gasteiger charge is -2.11. The summed E-state index contributed by atoms with van der Waals surface area (Å²) in [6.07, 6.45) is 1.58. The molecule has 0 unspecified atom stereocenters. The summed E-state index contributed by atoms with van der Waals surface area (Å²) in [6.45, 7) is 7.20. The summed E-state index contributed by atoms with van der Waals surface area (Å²) < 4.78 is 9.38. The summed E-state index contributed by atoms with van der Waals surface area (Å²) in [5, 5.41) is 6.43. The van der Waals surface area contributed by atoms with Gasteiger partial charge in [0, 0.05) is 38.9 Å². The Morgan fingerprint density at radius 1 is 1.05 bits per heavy atom. The smallest absolute Gasteiger partial charge is 0.263 e. The molecule has 7 nitrogen and oxygen atoms in total. The molecule has 38 heavy (non-hydrogen) atoms. The highest BCUT2D eigenvalue weighted by atomic mass is 32.2. The Morgan fingerprint density at radius 2 is 1.87 bits per heavy atom. The van der Waals surface area contributed by atoms with Crippen LogP contribution in [0.3, 0.4) is 0 Å². The molecular formula is C29H26N4O3S2. The van der Waals surface area contributed by atoms with Gasteiger partial charge in [0.25, 0.3) is 5.56 Å². The molecule has 0 bridgehead atoms. The van der Waals surface area contributed by atoms with Crippen LogP contribution in [0.15, 0.2) is 75.2 Å². The quantitative estimate of drug-likeness (QED) is 0.182. The van der Waals surface area contributed by atoms with Crippen molar-refractivity contribution in [2.24, 2.45) is 0 Å². The molecule has 192 valence electrons. The molecule has 1 N–H and O–H groups in total. The molecule has 0 spiro atoms. The standard InChI is InChI=1S/C29H26N4O3S2/c1-4-32-23-10-6-5-9-21(23)22-14-19(11-12-24(22)32)30-25(34)16-37-29-31-27-26(17(2)18(3)38-27)28(35)33(29)15-20-8-7-13-36-20/h5-14H,4,15-16H2,1-3H3,(H,30,34). The van der Waals surface area contributed by atoms with Crippen LogP contribution in [0.2, 0.25) is 0 Å². The van der Waals surface area contributed by atoms with Gasteiger partial charge in [-0.15, -0.1) is 11.3 Å². The number of rotatable bonds is 7. The number of para-hydroxylation sites is 1. The van der Waals surface area contributed by atoms with Crippen molar-refractivity contribution in [3.63, 3.8) is 0 Å². The van der Waals surface area contributed by atoms with E-state index in [1.54, 1.807) is 16.9 Å². The second-order valence-corrected chi connectivity index (χ2v) is 11.3. The molecule has 1 amide bonds. The number of anilines is 1. The van der Waals surface area contributed by atoms with Crippen molar-refractivity contribution in [2.45, 2.75) is 39.0 Å². The van der Waals surface area contributed by atoms with Crippen molar-refractivity contribution in [1.82, 2.24) is 14.1 Å². The van der Waals surface area contributed by atoms with Gasteiger partial charge >= 0.3 is 0 Å². The first kappa shape index (κ1) is 24.5. The number of benzene rings is 2. The first-order valence-corrected chi connectivity index (χ1v) is 14.2. The summed E-state index contributed by atoms with van der Waals surface area (Å²) in [5.74, 6) is 0.614. The molecule has 0 saturated carbocycles. The van der Waals surface area contributed by atoms with Crippen molar-refractivity contribution in [2.75, 3.05) is 11.1 Å². The van der Waals surface area contributed by atoms with Crippen LogP contribution in [-0.2, 0) is 17.9 Å². The average molecular weight is 543 g/mol. The molecule has 0 aliphatic rings. The number of furan rings is 1. The van der Waals surface area contributed by atoms with Crippen LogP contribution in [0.25, 0.3) is 32.0 Å². The Bertz CT molecular complexity index is 1880. The minimum Gasteiger partial charge on any atom is -0.467 e. The molecule has 0 saturated heterocycles. The van der Waals surface area contributed by atoms with Crippen molar-refractivity contribution in [3.8, 4) is 0 Å². The number of thioether (sulfide) groups is 1. The minimum atomic E-state index is -0.161. The Morgan fingerprint density at radius 3 is 2.66 bits per heavy atom. The molecule has 0 atom stereocenters. The maximum atomic E-state index is 13.5. The van der Waals surface area contributed by atoms with E-state index < -0.39 is 0 Å². The molecule has 4 heterocycles.